The van der Waals surface area contributed by atoms with E-state index in [1.807, 2.05) is 13.8 Å². The molecule has 0 aromatic rings. The fraction of sp³-hybridized carbons (Fsp3) is 0.900. The fourth-order valence-corrected chi connectivity index (χ4v) is 1.73. The van der Waals surface area contributed by atoms with Gasteiger partial charge in [-0.1, -0.05) is 0 Å². The Bertz CT molecular complexity index is 204. The first-order chi connectivity index (χ1) is 7.09. The summed E-state index contributed by atoms with van der Waals surface area (Å²) in [6.07, 6.45) is 0.288. The lowest BCUT2D eigenvalue weighted by atomic mass is 10.3. The standard InChI is InChI=1S/C10H19ClN2O2/c1-9(2)15-8-7-12-3-5-13(6-4-12)10(11)14/h9H,3-8H2,1-2H3. The lowest BCUT2D eigenvalue weighted by Gasteiger charge is -2.33. The van der Waals surface area contributed by atoms with Crippen LogP contribution in [0.15, 0.2) is 0 Å². The molecule has 0 saturated carbocycles. The molecule has 0 aliphatic carbocycles. The van der Waals surface area contributed by atoms with Gasteiger partial charge < -0.3 is 9.64 Å². The van der Waals surface area contributed by atoms with Crippen LogP contribution in [0.3, 0.4) is 0 Å². The molecular formula is C10H19ClN2O2. The Labute approximate surface area is 96.1 Å². The highest BCUT2D eigenvalue weighted by Gasteiger charge is 2.19. The first-order valence-electron chi connectivity index (χ1n) is 5.38. The molecule has 0 spiro atoms. The van der Waals surface area contributed by atoms with Gasteiger partial charge in [0.2, 0.25) is 0 Å². The molecule has 1 aliphatic heterocycles. The number of hydrogen-bond donors (Lipinski definition) is 0. The highest BCUT2D eigenvalue weighted by Crippen LogP contribution is 2.04. The summed E-state index contributed by atoms with van der Waals surface area (Å²) in [5.74, 6) is 0. The molecule has 5 heteroatoms. The average Bonchev–Trinajstić information content (AvgIpc) is 2.18. The van der Waals surface area contributed by atoms with Gasteiger partial charge in [-0.05, 0) is 25.4 Å². The van der Waals surface area contributed by atoms with Crippen LogP contribution in [0.4, 0.5) is 4.79 Å². The van der Waals surface area contributed by atoms with Crippen molar-refractivity contribution in [2.45, 2.75) is 20.0 Å². The van der Waals surface area contributed by atoms with Gasteiger partial charge in [-0.25, -0.2) is 0 Å². The summed E-state index contributed by atoms with van der Waals surface area (Å²) in [5, 5.41) is -0.340. The first-order valence-corrected chi connectivity index (χ1v) is 5.75. The lowest BCUT2D eigenvalue weighted by Crippen LogP contribution is -2.48. The zero-order chi connectivity index (χ0) is 11.3. The summed E-state index contributed by atoms with van der Waals surface area (Å²) in [6.45, 7) is 8.98. The van der Waals surface area contributed by atoms with Crippen LogP contribution in [0.25, 0.3) is 0 Å². The maximum atomic E-state index is 10.9. The number of hydrogen-bond acceptors (Lipinski definition) is 3. The summed E-state index contributed by atoms with van der Waals surface area (Å²) >= 11 is 5.39. The Balaban J connectivity index is 2.12. The van der Waals surface area contributed by atoms with Gasteiger partial charge in [-0.2, -0.15) is 0 Å². The Morgan fingerprint density at radius 2 is 1.93 bits per heavy atom. The van der Waals surface area contributed by atoms with Crippen molar-refractivity contribution in [2.24, 2.45) is 0 Å². The van der Waals surface area contributed by atoms with E-state index in [1.54, 1.807) is 4.90 Å². The summed E-state index contributed by atoms with van der Waals surface area (Å²) in [5.41, 5.74) is 0. The number of carbonyl (C=O) groups is 1. The molecule has 1 saturated heterocycles. The maximum Gasteiger partial charge on any atom is 0.316 e. The van der Waals surface area contributed by atoms with E-state index in [0.717, 1.165) is 39.3 Å². The van der Waals surface area contributed by atoms with Crippen LogP contribution in [0, 0.1) is 0 Å². The van der Waals surface area contributed by atoms with Crippen LogP contribution in [0.1, 0.15) is 13.8 Å². The number of halogens is 1. The van der Waals surface area contributed by atoms with Crippen LogP contribution in [-0.2, 0) is 4.74 Å². The molecule has 1 rings (SSSR count). The molecule has 0 N–H and O–H groups in total. The quantitative estimate of drug-likeness (QED) is 0.545. The molecule has 0 unspecified atom stereocenters. The predicted octanol–water partition coefficient (Wildman–Crippen LogP) is 1.39. The first kappa shape index (κ1) is 12.7. The van der Waals surface area contributed by atoms with Gasteiger partial charge in [-0.3, -0.25) is 9.69 Å². The topological polar surface area (TPSA) is 32.8 Å². The van der Waals surface area contributed by atoms with Gasteiger partial charge in [0, 0.05) is 32.7 Å². The smallest absolute Gasteiger partial charge is 0.316 e. The number of carbonyl (C=O) groups excluding carboxylic acids is 1. The highest BCUT2D eigenvalue weighted by atomic mass is 35.5. The van der Waals surface area contributed by atoms with Crippen molar-refractivity contribution in [2.75, 3.05) is 39.3 Å². The van der Waals surface area contributed by atoms with Crippen molar-refractivity contribution in [1.29, 1.82) is 0 Å². The molecule has 0 aromatic carbocycles. The van der Waals surface area contributed by atoms with Gasteiger partial charge in [0.15, 0.2) is 0 Å². The molecule has 0 atom stereocenters. The van der Waals surface area contributed by atoms with E-state index in [9.17, 15) is 4.79 Å². The largest absolute Gasteiger partial charge is 0.377 e. The van der Waals surface area contributed by atoms with Crippen molar-refractivity contribution in [3.05, 3.63) is 0 Å². The summed E-state index contributed by atoms with van der Waals surface area (Å²) in [7, 11) is 0. The van der Waals surface area contributed by atoms with E-state index >= 15 is 0 Å². The average molecular weight is 235 g/mol. The third-order valence-corrected chi connectivity index (χ3v) is 2.72. The van der Waals surface area contributed by atoms with Gasteiger partial charge in [0.1, 0.15) is 0 Å². The zero-order valence-electron chi connectivity index (χ0n) is 9.41. The third kappa shape index (κ3) is 4.82. The van der Waals surface area contributed by atoms with Gasteiger partial charge >= 0.3 is 5.37 Å². The SMILES string of the molecule is CC(C)OCCN1CCN(C(=O)Cl)CC1. The van der Waals surface area contributed by atoms with Gasteiger partial charge in [0.25, 0.3) is 0 Å². The minimum Gasteiger partial charge on any atom is -0.377 e. The maximum absolute atomic E-state index is 10.9. The van der Waals surface area contributed by atoms with E-state index < -0.39 is 0 Å². The minimum atomic E-state index is -0.340. The van der Waals surface area contributed by atoms with Crippen LogP contribution in [0.2, 0.25) is 0 Å². The van der Waals surface area contributed by atoms with E-state index in [-0.39, 0.29) is 11.5 Å². The predicted molar refractivity (Wildman–Crippen MR) is 60.4 cm³/mol. The minimum absolute atomic E-state index is 0.288. The van der Waals surface area contributed by atoms with Crippen molar-refractivity contribution in [3.63, 3.8) is 0 Å². The van der Waals surface area contributed by atoms with Crippen molar-refractivity contribution in [3.8, 4) is 0 Å². The normalized spacial score (nSPS) is 18.5. The fourth-order valence-electron chi connectivity index (χ4n) is 1.56. The molecule has 0 aromatic heterocycles. The number of piperazine rings is 1. The number of ether oxygens (including phenoxy) is 1. The highest BCUT2D eigenvalue weighted by molar-refractivity contribution is 6.62. The van der Waals surface area contributed by atoms with Crippen molar-refractivity contribution in [1.82, 2.24) is 9.80 Å². The van der Waals surface area contributed by atoms with Gasteiger partial charge in [-0.15, -0.1) is 0 Å². The molecule has 15 heavy (non-hydrogen) atoms. The molecule has 1 fully saturated rings. The van der Waals surface area contributed by atoms with E-state index in [4.69, 9.17) is 16.3 Å². The second kappa shape index (κ2) is 6.30. The molecule has 1 aliphatic rings. The molecule has 1 amide bonds. The second-order valence-corrected chi connectivity index (χ2v) is 4.32. The summed E-state index contributed by atoms with van der Waals surface area (Å²) in [4.78, 5) is 14.8. The van der Waals surface area contributed by atoms with Crippen LogP contribution in [0.5, 0.6) is 0 Å². The Morgan fingerprint density at radius 3 is 2.40 bits per heavy atom. The van der Waals surface area contributed by atoms with Crippen LogP contribution in [-0.4, -0.2) is 60.6 Å². The van der Waals surface area contributed by atoms with Crippen molar-refractivity contribution < 1.29 is 9.53 Å². The lowest BCUT2D eigenvalue weighted by molar-refractivity contribution is 0.0498. The van der Waals surface area contributed by atoms with E-state index in [2.05, 4.69) is 4.90 Å². The molecular weight excluding hydrogens is 216 g/mol. The Kier molecular flexibility index (Phi) is 5.36. The van der Waals surface area contributed by atoms with Crippen LogP contribution >= 0.6 is 11.6 Å². The summed E-state index contributed by atoms with van der Waals surface area (Å²) in [6, 6.07) is 0. The zero-order valence-corrected chi connectivity index (χ0v) is 10.2. The number of rotatable bonds is 4. The molecule has 0 radical (unpaired) electrons. The number of nitrogens with zero attached hydrogens (tertiary/aromatic N) is 2. The Morgan fingerprint density at radius 1 is 1.33 bits per heavy atom. The third-order valence-electron chi connectivity index (χ3n) is 2.48. The van der Waals surface area contributed by atoms with E-state index in [0.29, 0.717) is 0 Å². The van der Waals surface area contributed by atoms with E-state index in [1.165, 1.54) is 0 Å². The van der Waals surface area contributed by atoms with Gasteiger partial charge in [0.05, 0.1) is 12.7 Å². The Hall–Kier alpha value is -0.320. The molecule has 4 nitrogen and oxygen atoms in total. The monoisotopic (exact) mass is 234 g/mol. The molecule has 88 valence electrons. The molecule has 1 heterocycles. The van der Waals surface area contributed by atoms with Crippen LogP contribution < -0.4 is 0 Å². The number of amides is 1. The molecule has 0 bridgehead atoms. The van der Waals surface area contributed by atoms with Crippen molar-refractivity contribution >= 4 is 17.0 Å². The second-order valence-electron chi connectivity index (χ2n) is 4.00. The summed E-state index contributed by atoms with van der Waals surface area (Å²) < 4.78 is 5.47.